The molecule has 112 valence electrons. The van der Waals surface area contributed by atoms with Gasteiger partial charge < -0.3 is 10.1 Å². The number of nitrogens with zero attached hydrogens (tertiary/aromatic N) is 1. The van der Waals surface area contributed by atoms with E-state index in [9.17, 15) is 0 Å². The van der Waals surface area contributed by atoms with Gasteiger partial charge in [0.05, 0.1) is 6.61 Å². The second kappa shape index (κ2) is 8.93. The minimum absolute atomic E-state index is 0.707. The zero-order chi connectivity index (χ0) is 13.3. The van der Waals surface area contributed by atoms with Crippen LogP contribution in [0.15, 0.2) is 0 Å². The van der Waals surface area contributed by atoms with E-state index in [0.29, 0.717) is 6.04 Å². The number of rotatable bonds is 6. The first-order chi connectivity index (χ1) is 9.40. The Morgan fingerprint density at radius 1 is 1.11 bits per heavy atom. The molecule has 1 saturated carbocycles. The molecule has 0 amide bonds. The third kappa shape index (κ3) is 5.41. The van der Waals surface area contributed by atoms with Crippen LogP contribution in [-0.4, -0.2) is 50.3 Å². The molecule has 0 spiro atoms. The van der Waals surface area contributed by atoms with E-state index in [4.69, 9.17) is 4.74 Å². The smallest absolute Gasteiger partial charge is 0.0593 e. The second-order valence-corrected chi connectivity index (χ2v) is 6.23. The Hall–Kier alpha value is -0.120. The molecule has 0 aromatic heterocycles. The second-order valence-electron chi connectivity index (χ2n) is 6.23. The van der Waals surface area contributed by atoms with Crippen LogP contribution in [0.4, 0.5) is 0 Å². The van der Waals surface area contributed by atoms with Gasteiger partial charge in [0.1, 0.15) is 0 Å². The lowest BCUT2D eigenvalue weighted by Crippen LogP contribution is -2.47. The lowest BCUT2D eigenvalue weighted by atomic mass is 9.83. The predicted octanol–water partition coefficient (Wildman–Crippen LogP) is 2.66. The first kappa shape index (κ1) is 15.3. The van der Waals surface area contributed by atoms with Gasteiger partial charge in [-0.05, 0) is 38.1 Å². The van der Waals surface area contributed by atoms with E-state index >= 15 is 0 Å². The molecule has 2 rings (SSSR count). The fourth-order valence-electron chi connectivity index (χ4n) is 3.51. The molecule has 1 unspecified atom stereocenters. The highest BCUT2D eigenvalue weighted by atomic mass is 16.5. The standard InChI is InChI=1S/C16H32N2O/c1-2-9-17-16(15-7-4-3-5-8-15)14-18-10-6-12-19-13-11-18/h15-17H,2-14H2,1H3. The molecule has 1 saturated heterocycles. The van der Waals surface area contributed by atoms with Crippen LogP contribution in [0.3, 0.4) is 0 Å². The third-order valence-electron chi connectivity index (χ3n) is 4.65. The van der Waals surface area contributed by atoms with E-state index in [2.05, 4.69) is 17.1 Å². The Kier molecular flexibility index (Phi) is 7.18. The summed E-state index contributed by atoms with van der Waals surface area (Å²) in [4.78, 5) is 2.62. The molecule has 3 heteroatoms. The van der Waals surface area contributed by atoms with E-state index < -0.39 is 0 Å². The van der Waals surface area contributed by atoms with Gasteiger partial charge in [-0.3, -0.25) is 4.90 Å². The molecule has 1 N–H and O–H groups in total. The molecule has 2 aliphatic rings. The predicted molar refractivity (Wildman–Crippen MR) is 80.5 cm³/mol. The zero-order valence-corrected chi connectivity index (χ0v) is 12.7. The van der Waals surface area contributed by atoms with Gasteiger partial charge in [-0.25, -0.2) is 0 Å². The highest BCUT2D eigenvalue weighted by Crippen LogP contribution is 2.27. The van der Waals surface area contributed by atoms with E-state index in [1.165, 1.54) is 64.6 Å². The normalized spacial score (nSPS) is 25.1. The lowest BCUT2D eigenvalue weighted by Gasteiger charge is -2.34. The minimum Gasteiger partial charge on any atom is -0.380 e. The fraction of sp³-hybridized carbons (Fsp3) is 1.00. The molecule has 0 radical (unpaired) electrons. The Labute approximate surface area is 119 Å². The summed E-state index contributed by atoms with van der Waals surface area (Å²) in [6, 6.07) is 0.707. The molecule has 1 atom stereocenters. The first-order valence-electron chi connectivity index (χ1n) is 8.43. The lowest BCUT2D eigenvalue weighted by molar-refractivity contribution is 0.134. The molecule has 0 bridgehead atoms. The van der Waals surface area contributed by atoms with Gasteiger partial charge in [-0.1, -0.05) is 26.2 Å². The van der Waals surface area contributed by atoms with E-state index in [-0.39, 0.29) is 0 Å². The topological polar surface area (TPSA) is 24.5 Å². The summed E-state index contributed by atoms with van der Waals surface area (Å²) in [5, 5.41) is 3.82. The highest BCUT2D eigenvalue weighted by Gasteiger charge is 2.25. The van der Waals surface area contributed by atoms with E-state index in [1.807, 2.05) is 0 Å². The Morgan fingerprint density at radius 2 is 1.95 bits per heavy atom. The largest absolute Gasteiger partial charge is 0.380 e. The van der Waals surface area contributed by atoms with Gasteiger partial charge in [0.15, 0.2) is 0 Å². The SMILES string of the molecule is CCCNC(CN1CCCOCC1)C1CCCCC1. The van der Waals surface area contributed by atoms with Crippen molar-refractivity contribution in [1.82, 2.24) is 10.2 Å². The number of hydrogen-bond donors (Lipinski definition) is 1. The summed E-state index contributed by atoms with van der Waals surface area (Å²) in [5.41, 5.74) is 0. The maximum atomic E-state index is 5.57. The van der Waals surface area contributed by atoms with Crippen LogP contribution in [0.25, 0.3) is 0 Å². The quantitative estimate of drug-likeness (QED) is 0.801. The van der Waals surface area contributed by atoms with Gasteiger partial charge in [0.2, 0.25) is 0 Å². The minimum atomic E-state index is 0.707. The van der Waals surface area contributed by atoms with Crippen molar-refractivity contribution in [3.63, 3.8) is 0 Å². The molecule has 1 aliphatic carbocycles. The van der Waals surface area contributed by atoms with Crippen molar-refractivity contribution >= 4 is 0 Å². The molecule has 1 heterocycles. The van der Waals surface area contributed by atoms with Crippen molar-refractivity contribution < 1.29 is 4.74 Å². The van der Waals surface area contributed by atoms with Crippen LogP contribution < -0.4 is 5.32 Å². The van der Waals surface area contributed by atoms with Crippen molar-refractivity contribution in [2.75, 3.05) is 39.4 Å². The molecule has 3 nitrogen and oxygen atoms in total. The zero-order valence-electron chi connectivity index (χ0n) is 12.7. The molecule has 0 aromatic carbocycles. The first-order valence-corrected chi connectivity index (χ1v) is 8.43. The van der Waals surface area contributed by atoms with Gasteiger partial charge in [-0.2, -0.15) is 0 Å². The average molecular weight is 268 g/mol. The third-order valence-corrected chi connectivity index (χ3v) is 4.65. The Bertz CT molecular complexity index is 221. The van der Waals surface area contributed by atoms with Gasteiger partial charge in [0, 0.05) is 32.3 Å². The monoisotopic (exact) mass is 268 g/mol. The maximum absolute atomic E-state index is 5.57. The van der Waals surface area contributed by atoms with Crippen LogP contribution in [0.1, 0.15) is 51.9 Å². The Balaban J connectivity index is 1.83. The summed E-state index contributed by atoms with van der Waals surface area (Å²) >= 11 is 0. The maximum Gasteiger partial charge on any atom is 0.0593 e. The van der Waals surface area contributed by atoms with Crippen molar-refractivity contribution in [2.24, 2.45) is 5.92 Å². The fourth-order valence-corrected chi connectivity index (χ4v) is 3.51. The van der Waals surface area contributed by atoms with E-state index in [1.54, 1.807) is 0 Å². The van der Waals surface area contributed by atoms with Crippen LogP contribution in [0, 0.1) is 5.92 Å². The average Bonchev–Trinajstić information content (AvgIpc) is 2.73. The summed E-state index contributed by atoms with van der Waals surface area (Å²) in [6.07, 6.45) is 9.65. The van der Waals surface area contributed by atoms with Crippen molar-refractivity contribution in [3.05, 3.63) is 0 Å². The van der Waals surface area contributed by atoms with Crippen molar-refractivity contribution in [3.8, 4) is 0 Å². The van der Waals surface area contributed by atoms with E-state index in [0.717, 1.165) is 25.7 Å². The van der Waals surface area contributed by atoms with Crippen molar-refractivity contribution in [1.29, 1.82) is 0 Å². The number of ether oxygens (including phenoxy) is 1. The molecular formula is C16H32N2O. The summed E-state index contributed by atoms with van der Waals surface area (Å²) < 4.78 is 5.57. The highest BCUT2D eigenvalue weighted by molar-refractivity contribution is 4.82. The van der Waals surface area contributed by atoms with Crippen LogP contribution in [-0.2, 0) is 4.74 Å². The molecule has 1 aliphatic heterocycles. The van der Waals surface area contributed by atoms with Crippen LogP contribution >= 0.6 is 0 Å². The molecule has 0 aromatic rings. The number of hydrogen-bond acceptors (Lipinski definition) is 3. The molecule has 2 fully saturated rings. The van der Waals surface area contributed by atoms with Crippen molar-refractivity contribution in [2.45, 2.75) is 57.9 Å². The van der Waals surface area contributed by atoms with Crippen LogP contribution in [0.2, 0.25) is 0 Å². The van der Waals surface area contributed by atoms with Gasteiger partial charge in [0.25, 0.3) is 0 Å². The molecule has 19 heavy (non-hydrogen) atoms. The van der Waals surface area contributed by atoms with Gasteiger partial charge >= 0.3 is 0 Å². The summed E-state index contributed by atoms with van der Waals surface area (Å²) in [5.74, 6) is 0.907. The Morgan fingerprint density at radius 3 is 2.74 bits per heavy atom. The summed E-state index contributed by atoms with van der Waals surface area (Å²) in [6.45, 7) is 8.89. The van der Waals surface area contributed by atoms with Gasteiger partial charge in [-0.15, -0.1) is 0 Å². The summed E-state index contributed by atoms with van der Waals surface area (Å²) in [7, 11) is 0. The van der Waals surface area contributed by atoms with Crippen LogP contribution in [0.5, 0.6) is 0 Å². The molecular weight excluding hydrogens is 236 g/mol. The number of nitrogens with one attached hydrogen (secondary N) is 1.